The summed E-state index contributed by atoms with van der Waals surface area (Å²) in [6.07, 6.45) is 0.313. The van der Waals surface area contributed by atoms with Crippen LogP contribution in [0.3, 0.4) is 0 Å². The minimum absolute atomic E-state index is 0.330. The number of carbonyl (C=O) groups excluding carboxylic acids is 1. The zero-order valence-electron chi connectivity index (χ0n) is 18.7. The lowest BCUT2D eigenvalue weighted by Gasteiger charge is -2.28. The van der Waals surface area contributed by atoms with Crippen LogP contribution in [0.5, 0.6) is 0 Å². The number of amides is 2. The predicted molar refractivity (Wildman–Crippen MR) is 130 cm³/mol. The minimum atomic E-state index is -1.05. The molecule has 0 aliphatic carbocycles. The van der Waals surface area contributed by atoms with Crippen LogP contribution in [0.15, 0.2) is 54.6 Å². The zero-order chi connectivity index (χ0) is 23.8. The summed E-state index contributed by atoms with van der Waals surface area (Å²) in [5, 5.41) is 13.9. The van der Waals surface area contributed by atoms with Gasteiger partial charge in [-0.1, -0.05) is 36.4 Å². The monoisotopic (exact) mass is 456 g/mol. The van der Waals surface area contributed by atoms with Gasteiger partial charge in [-0.2, -0.15) is 9.97 Å². The SMILES string of the molecule is Cc1cc2c(C(N)=O)cccc2n1-c1nc(NCc2ccccc2)c2c(n1)N(C(=O)O)CCC2. The zero-order valence-corrected chi connectivity index (χ0v) is 18.7. The molecule has 0 saturated heterocycles. The number of aromatic nitrogens is 3. The van der Waals surface area contributed by atoms with E-state index in [-0.39, 0.29) is 0 Å². The second-order valence-electron chi connectivity index (χ2n) is 8.28. The normalized spacial score (nSPS) is 13.0. The van der Waals surface area contributed by atoms with Crippen molar-refractivity contribution in [2.45, 2.75) is 26.3 Å². The molecular formula is C25H24N6O3. The molecule has 4 aromatic rings. The Kier molecular flexibility index (Phi) is 5.37. The Morgan fingerprint density at radius 1 is 1.12 bits per heavy atom. The molecule has 0 saturated carbocycles. The maximum Gasteiger partial charge on any atom is 0.413 e. The topological polar surface area (TPSA) is 126 Å². The summed E-state index contributed by atoms with van der Waals surface area (Å²) in [4.78, 5) is 34.7. The van der Waals surface area contributed by atoms with E-state index in [1.807, 2.05) is 54.0 Å². The third-order valence-electron chi connectivity index (χ3n) is 6.07. The van der Waals surface area contributed by atoms with Crippen LogP contribution >= 0.6 is 0 Å². The van der Waals surface area contributed by atoms with Crippen molar-refractivity contribution in [1.82, 2.24) is 14.5 Å². The van der Waals surface area contributed by atoms with Crippen molar-refractivity contribution in [3.05, 3.63) is 77.0 Å². The van der Waals surface area contributed by atoms with Gasteiger partial charge < -0.3 is 16.2 Å². The molecule has 9 nitrogen and oxygen atoms in total. The molecule has 0 unspecified atom stereocenters. The van der Waals surface area contributed by atoms with E-state index in [0.29, 0.717) is 54.5 Å². The molecule has 2 aromatic heterocycles. The van der Waals surface area contributed by atoms with Crippen molar-refractivity contribution >= 4 is 34.5 Å². The van der Waals surface area contributed by atoms with Gasteiger partial charge in [0.25, 0.3) is 0 Å². The largest absolute Gasteiger partial charge is 0.465 e. The Labute approximate surface area is 195 Å². The van der Waals surface area contributed by atoms with Crippen LogP contribution < -0.4 is 16.0 Å². The average molecular weight is 457 g/mol. The molecule has 172 valence electrons. The number of carboxylic acid groups (broad SMARTS) is 1. The first-order valence-electron chi connectivity index (χ1n) is 11.0. The molecule has 9 heteroatoms. The standard InChI is InChI=1S/C25H24N6O3/c1-15-13-19-17(21(26)32)9-5-11-20(19)31(15)24-28-22(27-14-16-7-3-2-4-8-16)18-10-6-12-30(25(33)34)23(18)29-24/h2-5,7-9,11,13H,6,10,12,14H2,1H3,(H2,26,32)(H,33,34)(H,27,28,29). The highest BCUT2D eigenvalue weighted by Gasteiger charge is 2.28. The van der Waals surface area contributed by atoms with E-state index in [9.17, 15) is 14.7 Å². The highest BCUT2D eigenvalue weighted by Crippen LogP contribution is 2.33. The number of nitrogens with one attached hydrogen (secondary N) is 1. The van der Waals surface area contributed by atoms with Crippen LogP contribution in [0.1, 0.15) is 33.6 Å². The predicted octanol–water partition coefficient (Wildman–Crippen LogP) is 3.87. The summed E-state index contributed by atoms with van der Waals surface area (Å²) in [6.45, 7) is 2.79. The molecule has 2 aromatic carbocycles. The van der Waals surface area contributed by atoms with Crippen LogP contribution in [-0.2, 0) is 13.0 Å². The lowest BCUT2D eigenvalue weighted by molar-refractivity contribution is 0.100. The van der Waals surface area contributed by atoms with E-state index in [1.165, 1.54) is 4.90 Å². The van der Waals surface area contributed by atoms with Crippen LogP contribution in [0.4, 0.5) is 16.4 Å². The molecule has 0 atom stereocenters. The van der Waals surface area contributed by atoms with E-state index < -0.39 is 12.0 Å². The summed E-state index contributed by atoms with van der Waals surface area (Å²) in [7, 11) is 0. The lowest BCUT2D eigenvalue weighted by atomic mass is 10.1. The van der Waals surface area contributed by atoms with Gasteiger partial charge in [-0.25, -0.2) is 4.79 Å². The number of hydrogen-bond donors (Lipinski definition) is 3. The molecule has 0 spiro atoms. The van der Waals surface area contributed by atoms with Crippen LogP contribution in [0.25, 0.3) is 16.9 Å². The molecule has 34 heavy (non-hydrogen) atoms. The van der Waals surface area contributed by atoms with Crippen molar-refractivity contribution in [2.75, 3.05) is 16.8 Å². The molecule has 4 N–H and O–H groups in total. The molecule has 1 aliphatic heterocycles. The quantitative estimate of drug-likeness (QED) is 0.418. The van der Waals surface area contributed by atoms with Crippen LogP contribution in [0.2, 0.25) is 0 Å². The number of benzene rings is 2. The molecule has 2 amide bonds. The summed E-state index contributed by atoms with van der Waals surface area (Å²) in [5.41, 5.74) is 9.37. The number of anilines is 2. The summed E-state index contributed by atoms with van der Waals surface area (Å²) < 4.78 is 1.82. The van der Waals surface area contributed by atoms with E-state index in [2.05, 4.69) is 5.32 Å². The molecule has 0 bridgehead atoms. The fourth-order valence-electron chi connectivity index (χ4n) is 4.49. The Bertz CT molecular complexity index is 1410. The molecule has 3 heterocycles. The number of aryl methyl sites for hydroxylation is 1. The molecule has 5 rings (SSSR count). The number of primary amides is 1. The van der Waals surface area contributed by atoms with Crippen molar-refractivity contribution in [1.29, 1.82) is 0 Å². The minimum Gasteiger partial charge on any atom is -0.465 e. The van der Waals surface area contributed by atoms with Gasteiger partial charge in [0.2, 0.25) is 11.9 Å². The smallest absolute Gasteiger partial charge is 0.413 e. The molecular weight excluding hydrogens is 432 g/mol. The Morgan fingerprint density at radius 3 is 2.65 bits per heavy atom. The van der Waals surface area contributed by atoms with Gasteiger partial charge in [0.1, 0.15) is 11.6 Å². The number of hydrogen-bond acceptors (Lipinski definition) is 5. The van der Waals surface area contributed by atoms with E-state index >= 15 is 0 Å². The third-order valence-corrected chi connectivity index (χ3v) is 6.07. The van der Waals surface area contributed by atoms with Crippen molar-refractivity contribution in [2.24, 2.45) is 5.73 Å². The summed E-state index contributed by atoms with van der Waals surface area (Å²) >= 11 is 0. The van der Waals surface area contributed by atoms with Gasteiger partial charge in [0, 0.05) is 35.3 Å². The van der Waals surface area contributed by atoms with Crippen LogP contribution in [0, 0.1) is 6.92 Å². The van der Waals surface area contributed by atoms with Gasteiger partial charge in [-0.3, -0.25) is 14.3 Å². The molecule has 0 radical (unpaired) electrons. The number of rotatable bonds is 5. The molecule has 1 aliphatic rings. The molecule has 0 fully saturated rings. The maximum absolute atomic E-state index is 12.0. The second kappa shape index (κ2) is 8.51. The maximum atomic E-state index is 12.0. The lowest BCUT2D eigenvalue weighted by Crippen LogP contribution is -2.36. The average Bonchev–Trinajstić information content (AvgIpc) is 3.18. The van der Waals surface area contributed by atoms with Crippen LogP contribution in [-0.4, -0.2) is 38.2 Å². The van der Waals surface area contributed by atoms with Gasteiger partial charge >= 0.3 is 6.09 Å². The van der Waals surface area contributed by atoms with Gasteiger partial charge in [0.15, 0.2) is 0 Å². The Hall–Kier alpha value is -4.40. The Morgan fingerprint density at radius 2 is 1.91 bits per heavy atom. The highest BCUT2D eigenvalue weighted by atomic mass is 16.4. The second-order valence-corrected chi connectivity index (χ2v) is 8.28. The highest BCUT2D eigenvalue weighted by molar-refractivity contribution is 6.06. The number of carbonyl (C=O) groups is 2. The number of fused-ring (bicyclic) bond motifs is 2. The Balaban J connectivity index is 1.68. The van der Waals surface area contributed by atoms with E-state index in [0.717, 1.165) is 22.3 Å². The first kappa shape index (κ1) is 21.4. The fraction of sp³-hybridized carbons (Fsp3) is 0.200. The van der Waals surface area contributed by atoms with Gasteiger partial charge in [-0.05, 0) is 43.5 Å². The van der Waals surface area contributed by atoms with Gasteiger partial charge in [-0.15, -0.1) is 0 Å². The number of nitrogens with two attached hydrogens (primary N) is 1. The van der Waals surface area contributed by atoms with E-state index in [1.54, 1.807) is 12.1 Å². The first-order valence-corrected chi connectivity index (χ1v) is 11.0. The van der Waals surface area contributed by atoms with Crippen molar-refractivity contribution in [3.8, 4) is 5.95 Å². The third kappa shape index (κ3) is 3.71. The first-order chi connectivity index (χ1) is 16.4. The number of nitrogens with zero attached hydrogens (tertiary/aromatic N) is 4. The van der Waals surface area contributed by atoms with E-state index in [4.69, 9.17) is 15.7 Å². The fourth-order valence-corrected chi connectivity index (χ4v) is 4.49. The summed E-state index contributed by atoms with van der Waals surface area (Å²) in [6, 6.07) is 17.1. The van der Waals surface area contributed by atoms with Crippen molar-refractivity contribution in [3.63, 3.8) is 0 Å². The van der Waals surface area contributed by atoms with Gasteiger partial charge in [0.05, 0.1) is 5.52 Å². The summed E-state index contributed by atoms with van der Waals surface area (Å²) in [5.74, 6) is 0.793. The van der Waals surface area contributed by atoms with Crippen molar-refractivity contribution < 1.29 is 14.7 Å².